The highest BCUT2D eigenvalue weighted by Gasteiger charge is 2.05. The average molecular weight is 236 g/mol. The summed E-state index contributed by atoms with van der Waals surface area (Å²) in [7, 11) is 0. The summed E-state index contributed by atoms with van der Waals surface area (Å²) in [5, 5.41) is 12.3. The molecule has 0 amide bonds. The summed E-state index contributed by atoms with van der Waals surface area (Å²) in [6.07, 6.45) is 0. The Morgan fingerprint density at radius 1 is 1.50 bits per heavy atom. The predicted octanol–water partition coefficient (Wildman–Crippen LogP) is 2.32. The summed E-state index contributed by atoms with van der Waals surface area (Å²) in [5.74, 6) is 0.512. The number of hydrogen-bond acceptors (Lipinski definition) is 5. The van der Waals surface area contributed by atoms with E-state index in [4.69, 9.17) is 10.5 Å². The van der Waals surface area contributed by atoms with Crippen LogP contribution in [-0.4, -0.2) is 10.1 Å². The first kappa shape index (κ1) is 10.8. The van der Waals surface area contributed by atoms with Gasteiger partial charge in [-0.1, -0.05) is 6.07 Å². The molecule has 1 heterocycles. The third-order valence-electron chi connectivity index (χ3n) is 2.09. The van der Waals surface area contributed by atoms with Crippen molar-refractivity contribution in [1.29, 1.82) is 0 Å². The van der Waals surface area contributed by atoms with Crippen LogP contribution < -0.4 is 10.5 Å². The lowest BCUT2D eigenvalue weighted by atomic mass is 10.3. The molecule has 5 heteroatoms. The van der Waals surface area contributed by atoms with Crippen molar-refractivity contribution in [2.24, 2.45) is 0 Å². The third-order valence-corrected chi connectivity index (χ3v) is 2.91. The molecule has 0 unspecified atom stereocenters. The van der Waals surface area contributed by atoms with Crippen molar-refractivity contribution in [2.75, 3.05) is 5.73 Å². The van der Waals surface area contributed by atoms with Crippen LogP contribution in [-0.2, 0) is 6.61 Å². The van der Waals surface area contributed by atoms with E-state index in [1.165, 1.54) is 6.07 Å². The number of benzene rings is 1. The summed E-state index contributed by atoms with van der Waals surface area (Å²) in [5.41, 5.74) is 6.78. The Balaban J connectivity index is 2.07. The molecule has 0 aliphatic heterocycles. The number of aromatic hydroxyl groups is 1. The van der Waals surface area contributed by atoms with Crippen molar-refractivity contribution >= 4 is 17.0 Å². The zero-order valence-corrected chi connectivity index (χ0v) is 9.62. The van der Waals surface area contributed by atoms with Crippen molar-refractivity contribution in [2.45, 2.75) is 13.5 Å². The van der Waals surface area contributed by atoms with E-state index >= 15 is 0 Å². The standard InChI is InChI=1S/C11H12N2O2S/c1-7-13-8(6-16-7)5-15-10-4-2-3-9(14)11(10)12/h2-4,6,14H,5,12H2,1H3. The summed E-state index contributed by atoms with van der Waals surface area (Å²) >= 11 is 1.58. The number of thiazole rings is 1. The summed E-state index contributed by atoms with van der Waals surface area (Å²) in [6, 6.07) is 4.93. The number of nitrogens with zero attached hydrogens (tertiary/aromatic N) is 1. The molecule has 1 aromatic carbocycles. The van der Waals surface area contributed by atoms with E-state index in [0.29, 0.717) is 12.4 Å². The lowest BCUT2D eigenvalue weighted by Crippen LogP contribution is -1.99. The van der Waals surface area contributed by atoms with E-state index in [9.17, 15) is 5.11 Å². The Hall–Kier alpha value is -1.75. The molecule has 0 fully saturated rings. The van der Waals surface area contributed by atoms with Crippen LogP contribution in [0.15, 0.2) is 23.6 Å². The molecule has 2 aromatic rings. The molecule has 3 N–H and O–H groups in total. The van der Waals surface area contributed by atoms with Crippen LogP contribution in [0.2, 0.25) is 0 Å². The number of aryl methyl sites for hydroxylation is 1. The van der Waals surface area contributed by atoms with Crippen molar-refractivity contribution in [1.82, 2.24) is 4.98 Å². The Kier molecular flexibility index (Phi) is 2.96. The fraction of sp³-hybridized carbons (Fsp3) is 0.182. The number of ether oxygens (including phenoxy) is 1. The lowest BCUT2D eigenvalue weighted by Gasteiger charge is -2.08. The lowest BCUT2D eigenvalue weighted by molar-refractivity contribution is 0.302. The van der Waals surface area contributed by atoms with E-state index in [1.54, 1.807) is 23.5 Å². The van der Waals surface area contributed by atoms with Gasteiger partial charge in [-0.3, -0.25) is 0 Å². The molecule has 0 aliphatic carbocycles. The molecule has 2 rings (SSSR count). The van der Waals surface area contributed by atoms with Crippen LogP contribution in [0.5, 0.6) is 11.5 Å². The minimum atomic E-state index is 0.0342. The zero-order chi connectivity index (χ0) is 11.5. The van der Waals surface area contributed by atoms with Gasteiger partial charge in [0.1, 0.15) is 23.8 Å². The molecule has 0 aliphatic rings. The highest BCUT2D eigenvalue weighted by Crippen LogP contribution is 2.30. The Labute approximate surface area is 97.3 Å². The molecule has 0 radical (unpaired) electrons. The van der Waals surface area contributed by atoms with Gasteiger partial charge in [-0.15, -0.1) is 11.3 Å². The second kappa shape index (κ2) is 4.40. The van der Waals surface area contributed by atoms with E-state index in [2.05, 4.69) is 4.98 Å². The quantitative estimate of drug-likeness (QED) is 0.634. The van der Waals surface area contributed by atoms with Gasteiger partial charge in [-0.2, -0.15) is 0 Å². The number of nitrogen functional groups attached to an aromatic ring is 1. The number of nitrogens with two attached hydrogens (primary N) is 1. The van der Waals surface area contributed by atoms with Crippen LogP contribution in [0.1, 0.15) is 10.7 Å². The number of rotatable bonds is 3. The summed E-state index contributed by atoms with van der Waals surface area (Å²) in [6.45, 7) is 2.30. The number of anilines is 1. The topological polar surface area (TPSA) is 68.4 Å². The summed E-state index contributed by atoms with van der Waals surface area (Å²) in [4.78, 5) is 4.27. The fourth-order valence-electron chi connectivity index (χ4n) is 1.28. The van der Waals surface area contributed by atoms with E-state index in [-0.39, 0.29) is 11.4 Å². The van der Waals surface area contributed by atoms with Crippen molar-refractivity contribution < 1.29 is 9.84 Å². The number of aromatic nitrogens is 1. The summed E-state index contributed by atoms with van der Waals surface area (Å²) < 4.78 is 5.48. The molecule has 0 spiro atoms. The predicted molar refractivity (Wildman–Crippen MR) is 63.7 cm³/mol. The van der Waals surface area contributed by atoms with Crippen LogP contribution in [0.4, 0.5) is 5.69 Å². The normalized spacial score (nSPS) is 10.3. The third kappa shape index (κ3) is 2.25. The molecule has 0 bridgehead atoms. The SMILES string of the molecule is Cc1nc(COc2cccc(O)c2N)cs1. The highest BCUT2D eigenvalue weighted by atomic mass is 32.1. The molecule has 0 saturated heterocycles. The maximum atomic E-state index is 9.38. The number of phenolic OH excluding ortho intramolecular Hbond substituents is 1. The first-order chi connectivity index (χ1) is 7.66. The number of para-hydroxylation sites is 1. The first-order valence-corrected chi connectivity index (χ1v) is 5.66. The van der Waals surface area contributed by atoms with Crippen LogP contribution >= 0.6 is 11.3 Å². The molecule has 84 valence electrons. The van der Waals surface area contributed by atoms with Gasteiger partial charge in [0.05, 0.1) is 10.7 Å². The molecule has 0 saturated carbocycles. The van der Waals surface area contributed by atoms with E-state index in [1.807, 2.05) is 12.3 Å². The Morgan fingerprint density at radius 3 is 3.00 bits per heavy atom. The van der Waals surface area contributed by atoms with Crippen LogP contribution in [0.25, 0.3) is 0 Å². The Bertz CT molecular complexity index is 496. The molecular weight excluding hydrogens is 224 g/mol. The van der Waals surface area contributed by atoms with Crippen molar-refractivity contribution in [3.8, 4) is 11.5 Å². The second-order valence-electron chi connectivity index (χ2n) is 3.34. The largest absolute Gasteiger partial charge is 0.506 e. The van der Waals surface area contributed by atoms with Crippen LogP contribution in [0.3, 0.4) is 0 Å². The van der Waals surface area contributed by atoms with Gasteiger partial charge in [0.25, 0.3) is 0 Å². The van der Waals surface area contributed by atoms with Gasteiger partial charge in [-0.05, 0) is 19.1 Å². The monoisotopic (exact) mass is 236 g/mol. The van der Waals surface area contributed by atoms with Gasteiger partial charge in [-0.25, -0.2) is 4.98 Å². The molecule has 1 aromatic heterocycles. The van der Waals surface area contributed by atoms with Crippen molar-refractivity contribution in [3.63, 3.8) is 0 Å². The zero-order valence-electron chi connectivity index (χ0n) is 8.80. The molecular formula is C11H12N2O2S. The maximum absolute atomic E-state index is 9.38. The first-order valence-electron chi connectivity index (χ1n) is 4.78. The van der Waals surface area contributed by atoms with Crippen molar-refractivity contribution in [3.05, 3.63) is 34.3 Å². The molecule has 16 heavy (non-hydrogen) atoms. The minimum absolute atomic E-state index is 0.0342. The van der Waals surface area contributed by atoms with Gasteiger partial charge < -0.3 is 15.6 Å². The second-order valence-corrected chi connectivity index (χ2v) is 4.40. The number of hydrogen-bond donors (Lipinski definition) is 2. The van der Waals surface area contributed by atoms with Gasteiger partial charge in [0.2, 0.25) is 0 Å². The van der Waals surface area contributed by atoms with Gasteiger partial charge in [0, 0.05) is 5.38 Å². The van der Waals surface area contributed by atoms with Gasteiger partial charge in [0.15, 0.2) is 0 Å². The molecule has 4 nitrogen and oxygen atoms in total. The van der Waals surface area contributed by atoms with E-state index < -0.39 is 0 Å². The maximum Gasteiger partial charge on any atom is 0.146 e. The smallest absolute Gasteiger partial charge is 0.146 e. The highest BCUT2D eigenvalue weighted by molar-refractivity contribution is 7.09. The van der Waals surface area contributed by atoms with E-state index in [0.717, 1.165) is 10.7 Å². The fourth-order valence-corrected chi connectivity index (χ4v) is 1.88. The average Bonchev–Trinajstić information content (AvgIpc) is 2.67. The van der Waals surface area contributed by atoms with Crippen LogP contribution in [0, 0.1) is 6.92 Å². The Morgan fingerprint density at radius 2 is 2.31 bits per heavy atom. The number of phenols is 1. The minimum Gasteiger partial charge on any atom is -0.506 e. The van der Waals surface area contributed by atoms with Gasteiger partial charge >= 0.3 is 0 Å². The molecule has 0 atom stereocenters.